The van der Waals surface area contributed by atoms with Crippen LogP contribution >= 0.6 is 11.6 Å². The molecule has 1 aromatic rings. The molecule has 6 heteroatoms. The predicted octanol–water partition coefficient (Wildman–Crippen LogP) is 2.73. The highest BCUT2D eigenvalue weighted by Gasteiger charge is 2.32. The van der Waals surface area contributed by atoms with E-state index in [0.29, 0.717) is 0 Å². The van der Waals surface area contributed by atoms with Gasteiger partial charge in [0.1, 0.15) is 5.75 Å². The number of hydrogen-bond donors (Lipinski definition) is 1. The monoisotopic (exact) mass is 226 g/mol. The standard InChI is InChI=1S/C8H6ClF3O2/c9-6-2-1-3-7(5(6)4-13)14-8(10,11)12/h1-3,13H,4H2. The largest absolute Gasteiger partial charge is 0.573 e. The lowest BCUT2D eigenvalue weighted by Crippen LogP contribution is -2.18. The van der Waals surface area contributed by atoms with Crippen LogP contribution in [0.15, 0.2) is 18.2 Å². The van der Waals surface area contributed by atoms with Crippen LogP contribution in [-0.4, -0.2) is 11.5 Å². The van der Waals surface area contributed by atoms with Gasteiger partial charge in [0.15, 0.2) is 0 Å². The topological polar surface area (TPSA) is 29.5 Å². The molecule has 0 aliphatic carbocycles. The van der Waals surface area contributed by atoms with Crippen molar-refractivity contribution >= 4 is 11.6 Å². The molecule has 0 atom stereocenters. The quantitative estimate of drug-likeness (QED) is 0.840. The third kappa shape index (κ3) is 2.78. The minimum Gasteiger partial charge on any atom is -0.405 e. The molecule has 0 heterocycles. The van der Waals surface area contributed by atoms with E-state index in [1.807, 2.05) is 0 Å². The van der Waals surface area contributed by atoms with E-state index in [0.717, 1.165) is 6.07 Å². The van der Waals surface area contributed by atoms with Gasteiger partial charge < -0.3 is 9.84 Å². The van der Waals surface area contributed by atoms with Crippen LogP contribution < -0.4 is 4.74 Å². The van der Waals surface area contributed by atoms with Gasteiger partial charge in [0.25, 0.3) is 0 Å². The second kappa shape index (κ2) is 4.06. The molecule has 0 saturated heterocycles. The Kier molecular flexibility index (Phi) is 3.23. The van der Waals surface area contributed by atoms with Crippen molar-refractivity contribution in [3.05, 3.63) is 28.8 Å². The molecule has 0 amide bonds. The van der Waals surface area contributed by atoms with E-state index in [2.05, 4.69) is 4.74 Å². The number of ether oxygens (including phenoxy) is 1. The lowest BCUT2D eigenvalue weighted by molar-refractivity contribution is -0.275. The molecule has 0 aliphatic heterocycles. The van der Waals surface area contributed by atoms with Crippen LogP contribution in [0.5, 0.6) is 5.75 Å². The van der Waals surface area contributed by atoms with Gasteiger partial charge in [-0.3, -0.25) is 0 Å². The minimum atomic E-state index is -4.78. The Morgan fingerprint density at radius 1 is 1.36 bits per heavy atom. The van der Waals surface area contributed by atoms with Crippen LogP contribution in [0.2, 0.25) is 5.02 Å². The highest BCUT2D eigenvalue weighted by Crippen LogP contribution is 2.30. The summed E-state index contributed by atoms with van der Waals surface area (Å²) in [6, 6.07) is 3.77. The summed E-state index contributed by atoms with van der Waals surface area (Å²) in [5.41, 5.74) is -0.0773. The van der Waals surface area contributed by atoms with Gasteiger partial charge in [0, 0.05) is 10.6 Å². The smallest absolute Gasteiger partial charge is 0.405 e. The van der Waals surface area contributed by atoms with Crippen LogP contribution in [0.3, 0.4) is 0 Å². The first kappa shape index (κ1) is 11.1. The Balaban J connectivity index is 3.02. The molecule has 1 N–H and O–H groups in total. The van der Waals surface area contributed by atoms with Crippen LogP contribution in [0.4, 0.5) is 13.2 Å². The Morgan fingerprint density at radius 3 is 2.50 bits per heavy atom. The van der Waals surface area contributed by atoms with Gasteiger partial charge in [-0.25, -0.2) is 0 Å². The van der Waals surface area contributed by atoms with Gasteiger partial charge in [-0.15, -0.1) is 13.2 Å². The van der Waals surface area contributed by atoms with Gasteiger partial charge in [-0.05, 0) is 12.1 Å². The molecule has 0 bridgehead atoms. The zero-order valence-corrected chi connectivity index (χ0v) is 7.56. The van der Waals surface area contributed by atoms with Gasteiger partial charge in [-0.2, -0.15) is 0 Å². The molecule has 0 aromatic heterocycles. The summed E-state index contributed by atoms with van der Waals surface area (Å²) in [5.74, 6) is -0.479. The fourth-order valence-corrected chi connectivity index (χ4v) is 1.14. The van der Waals surface area contributed by atoms with E-state index in [4.69, 9.17) is 16.7 Å². The first-order valence-electron chi connectivity index (χ1n) is 3.58. The SMILES string of the molecule is OCc1c(Cl)cccc1OC(F)(F)F. The molecule has 14 heavy (non-hydrogen) atoms. The average Bonchev–Trinajstić information content (AvgIpc) is 2.01. The van der Waals surface area contributed by atoms with Gasteiger partial charge in [0.05, 0.1) is 6.61 Å². The maximum absolute atomic E-state index is 11.8. The number of rotatable bonds is 2. The highest BCUT2D eigenvalue weighted by molar-refractivity contribution is 6.31. The fourth-order valence-electron chi connectivity index (χ4n) is 0.913. The molecule has 0 radical (unpaired) electrons. The number of aliphatic hydroxyl groups excluding tert-OH is 1. The number of halogens is 4. The second-order valence-electron chi connectivity index (χ2n) is 2.42. The summed E-state index contributed by atoms with van der Waals surface area (Å²) >= 11 is 5.55. The van der Waals surface area contributed by atoms with Crippen molar-refractivity contribution in [2.75, 3.05) is 0 Å². The molecule has 0 fully saturated rings. The zero-order chi connectivity index (χ0) is 10.8. The zero-order valence-electron chi connectivity index (χ0n) is 6.81. The molecule has 78 valence electrons. The van der Waals surface area contributed by atoms with Crippen LogP contribution in [-0.2, 0) is 6.61 Å². The maximum atomic E-state index is 11.8. The van der Waals surface area contributed by atoms with Gasteiger partial charge in [0.2, 0.25) is 0 Å². The number of aliphatic hydroxyl groups is 1. The highest BCUT2D eigenvalue weighted by atomic mass is 35.5. The van der Waals surface area contributed by atoms with Crippen LogP contribution in [0, 0.1) is 0 Å². The lowest BCUT2D eigenvalue weighted by atomic mass is 10.2. The fraction of sp³-hybridized carbons (Fsp3) is 0.250. The summed E-state index contributed by atoms with van der Waals surface area (Å²) in [4.78, 5) is 0. The number of alkyl halides is 3. The molecule has 1 aromatic carbocycles. The molecule has 0 saturated carbocycles. The Hall–Kier alpha value is -0.940. The average molecular weight is 227 g/mol. The summed E-state index contributed by atoms with van der Waals surface area (Å²) in [7, 11) is 0. The minimum absolute atomic E-state index is 0.0363. The third-order valence-electron chi connectivity index (χ3n) is 1.46. The molecular weight excluding hydrogens is 221 g/mol. The van der Waals surface area contributed by atoms with Crippen molar-refractivity contribution in [3.8, 4) is 5.75 Å². The van der Waals surface area contributed by atoms with E-state index in [1.165, 1.54) is 12.1 Å². The lowest BCUT2D eigenvalue weighted by Gasteiger charge is -2.12. The van der Waals surface area contributed by atoms with E-state index < -0.39 is 18.7 Å². The molecule has 0 unspecified atom stereocenters. The third-order valence-corrected chi connectivity index (χ3v) is 1.81. The Morgan fingerprint density at radius 2 is 2.00 bits per heavy atom. The van der Waals surface area contributed by atoms with Crippen molar-refractivity contribution < 1.29 is 23.0 Å². The maximum Gasteiger partial charge on any atom is 0.573 e. The predicted molar refractivity (Wildman–Crippen MR) is 44.1 cm³/mol. The Bertz CT molecular complexity index is 325. The van der Waals surface area contributed by atoms with Crippen molar-refractivity contribution in [2.24, 2.45) is 0 Å². The number of benzene rings is 1. The number of hydrogen-bond acceptors (Lipinski definition) is 2. The van der Waals surface area contributed by atoms with Crippen molar-refractivity contribution in [2.45, 2.75) is 13.0 Å². The molecule has 0 spiro atoms. The van der Waals surface area contributed by atoms with E-state index in [-0.39, 0.29) is 10.6 Å². The normalized spacial score (nSPS) is 11.5. The van der Waals surface area contributed by atoms with E-state index in [9.17, 15) is 13.2 Å². The molecule has 2 nitrogen and oxygen atoms in total. The summed E-state index contributed by atoms with van der Waals surface area (Å²) in [5, 5.41) is 8.80. The van der Waals surface area contributed by atoms with Crippen molar-refractivity contribution in [1.29, 1.82) is 0 Å². The van der Waals surface area contributed by atoms with Gasteiger partial charge >= 0.3 is 6.36 Å². The van der Waals surface area contributed by atoms with E-state index in [1.54, 1.807) is 0 Å². The van der Waals surface area contributed by atoms with E-state index >= 15 is 0 Å². The van der Waals surface area contributed by atoms with Crippen LogP contribution in [0.1, 0.15) is 5.56 Å². The summed E-state index contributed by atoms with van der Waals surface area (Å²) < 4.78 is 39.2. The summed E-state index contributed by atoms with van der Waals surface area (Å²) in [6.45, 7) is -0.606. The van der Waals surface area contributed by atoms with Crippen molar-refractivity contribution in [1.82, 2.24) is 0 Å². The first-order chi connectivity index (χ1) is 6.44. The van der Waals surface area contributed by atoms with Crippen LogP contribution in [0.25, 0.3) is 0 Å². The Labute approximate surface area is 82.9 Å². The first-order valence-corrected chi connectivity index (χ1v) is 3.96. The summed E-state index contributed by atoms with van der Waals surface area (Å²) in [6.07, 6.45) is -4.78. The molecule has 1 rings (SSSR count). The molecular formula is C8H6ClF3O2. The van der Waals surface area contributed by atoms with Gasteiger partial charge in [-0.1, -0.05) is 17.7 Å². The van der Waals surface area contributed by atoms with Crippen molar-refractivity contribution in [3.63, 3.8) is 0 Å². The molecule has 0 aliphatic rings. The second-order valence-corrected chi connectivity index (χ2v) is 2.83.